The van der Waals surface area contributed by atoms with Crippen LogP contribution in [0.2, 0.25) is 5.02 Å². The van der Waals surface area contributed by atoms with Crippen molar-refractivity contribution in [1.29, 1.82) is 0 Å². The summed E-state index contributed by atoms with van der Waals surface area (Å²) in [5, 5.41) is 10.2. The summed E-state index contributed by atoms with van der Waals surface area (Å²) in [6, 6.07) is 4.57. The average Bonchev–Trinajstić information content (AvgIpc) is 2.58. The number of aliphatic hydroxyl groups is 1. The summed E-state index contributed by atoms with van der Waals surface area (Å²) in [5.41, 5.74) is 0.606. The fraction of sp³-hybridized carbons (Fsp3) is 0.455. The number of rotatable bonds is 2. The van der Waals surface area contributed by atoms with Gasteiger partial charge in [0.2, 0.25) is 0 Å². The Morgan fingerprint density at radius 1 is 1.47 bits per heavy atom. The zero-order chi connectivity index (χ0) is 10.8. The molecule has 1 aliphatic heterocycles. The minimum absolute atomic E-state index is 0.156. The first-order chi connectivity index (χ1) is 7.16. The zero-order valence-corrected chi connectivity index (χ0v) is 9.69. The van der Waals surface area contributed by atoms with E-state index in [2.05, 4.69) is 0 Å². The van der Waals surface area contributed by atoms with Crippen molar-refractivity contribution in [3.05, 3.63) is 34.6 Å². The number of benzene rings is 1. The Bertz CT molecular complexity index is 358. The Balaban J connectivity index is 2.12. The summed E-state index contributed by atoms with van der Waals surface area (Å²) >= 11 is 7.52. The Labute approximate surface area is 97.6 Å². The monoisotopic (exact) mass is 246 g/mol. The highest BCUT2D eigenvalue weighted by Crippen LogP contribution is 2.28. The SMILES string of the molecule is OC1CSCC1Cc1cc(Cl)ccc1F. The molecule has 0 aliphatic carbocycles. The molecular weight excluding hydrogens is 235 g/mol. The average molecular weight is 247 g/mol. The molecule has 0 amide bonds. The maximum Gasteiger partial charge on any atom is 0.126 e. The van der Waals surface area contributed by atoms with Crippen molar-refractivity contribution in [2.75, 3.05) is 11.5 Å². The molecule has 1 saturated heterocycles. The molecule has 0 aromatic heterocycles. The Morgan fingerprint density at radius 2 is 2.27 bits per heavy atom. The lowest BCUT2D eigenvalue weighted by Gasteiger charge is -2.13. The first kappa shape index (κ1) is 11.2. The predicted octanol–water partition coefficient (Wildman–Crippen LogP) is 2.75. The van der Waals surface area contributed by atoms with Crippen LogP contribution in [-0.2, 0) is 6.42 Å². The van der Waals surface area contributed by atoms with E-state index in [1.165, 1.54) is 6.07 Å². The molecule has 1 nitrogen and oxygen atoms in total. The van der Waals surface area contributed by atoms with Crippen molar-refractivity contribution in [3.63, 3.8) is 0 Å². The van der Waals surface area contributed by atoms with Crippen LogP contribution in [0.25, 0.3) is 0 Å². The van der Waals surface area contributed by atoms with Crippen LogP contribution in [0.3, 0.4) is 0 Å². The first-order valence-corrected chi connectivity index (χ1v) is 6.40. The van der Waals surface area contributed by atoms with E-state index in [1.807, 2.05) is 0 Å². The van der Waals surface area contributed by atoms with E-state index in [0.29, 0.717) is 17.0 Å². The summed E-state index contributed by atoms with van der Waals surface area (Å²) in [7, 11) is 0. The van der Waals surface area contributed by atoms with Crippen LogP contribution in [0, 0.1) is 11.7 Å². The lowest BCUT2D eigenvalue weighted by atomic mass is 9.96. The smallest absolute Gasteiger partial charge is 0.126 e. The number of thioether (sulfide) groups is 1. The third-order valence-electron chi connectivity index (χ3n) is 2.65. The molecule has 0 radical (unpaired) electrons. The summed E-state index contributed by atoms with van der Waals surface area (Å²) in [4.78, 5) is 0. The van der Waals surface area contributed by atoms with E-state index in [9.17, 15) is 9.50 Å². The molecule has 2 unspecified atom stereocenters. The van der Waals surface area contributed by atoms with E-state index in [0.717, 1.165) is 11.5 Å². The second-order valence-corrected chi connectivity index (χ2v) is 5.32. The zero-order valence-electron chi connectivity index (χ0n) is 8.12. The van der Waals surface area contributed by atoms with Crippen molar-refractivity contribution in [2.45, 2.75) is 12.5 Å². The van der Waals surface area contributed by atoms with Crippen molar-refractivity contribution >= 4 is 23.4 Å². The van der Waals surface area contributed by atoms with Gasteiger partial charge in [0.25, 0.3) is 0 Å². The van der Waals surface area contributed by atoms with Crippen LogP contribution >= 0.6 is 23.4 Å². The summed E-state index contributed by atoms with van der Waals surface area (Å²) in [6.45, 7) is 0. The second kappa shape index (κ2) is 4.73. The molecule has 0 saturated carbocycles. The van der Waals surface area contributed by atoms with E-state index in [4.69, 9.17) is 11.6 Å². The maximum absolute atomic E-state index is 13.4. The topological polar surface area (TPSA) is 20.2 Å². The Hall–Kier alpha value is -0.250. The van der Waals surface area contributed by atoms with Crippen molar-refractivity contribution in [3.8, 4) is 0 Å². The van der Waals surface area contributed by atoms with Crippen molar-refractivity contribution in [1.82, 2.24) is 0 Å². The Morgan fingerprint density at radius 3 is 2.93 bits per heavy atom. The highest BCUT2D eigenvalue weighted by Gasteiger charge is 2.26. The Kier molecular flexibility index (Phi) is 3.54. The molecule has 0 spiro atoms. The summed E-state index contributed by atoms with van der Waals surface area (Å²) in [6.07, 6.45) is 0.258. The molecule has 2 atom stereocenters. The van der Waals surface area contributed by atoms with Crippen LogP contribution < -0.4 is 0 Å². The van der Waals surface area contributed by atoms with E-state index < -0.39 is 0 Å². The van der Waals surface area contributed by atoms with Crippen LogP contribution in [0.4, 0.5) is 4.39 Å². The predicted molar refractivity (Wildman–Crippen MR) is 61.9 cm³/mol. The molecule has 1 N–H and O–H groups in total. The molecule has 4 heteroatoms. The lowest BCUT2D eigenvalue weighted by Crippen LogP contribution is -2.20. The molecule has 1 aromatic carbocycles. The minimum Gasteiger partial charge on any atom is -0.392 e. The molecule has 0 bridgehead atoms. The lowest BCUT2D eigenvalue weighted by molar-refractivity contribution is 0.149. The molecular formula is C11H12ClFOS. The van der Waals surface area contributed by atoms with Crippen LogP contribution in [0.5, 0.6) is 0 Å². The van der Waals surface area contributed by atoms with E-state index in [1.54, 1.807) is 23.9 Å². The molecule has 1 fully saturated rings. The van der Waals surface area contributed by atoms with Gasteiger partial charge in [-0.05, 0) is 41.9 Å². The van der Waals surface area contributed by atoms with Gasteiger partial charge < -0.3 is 5.11 Å². The number of hydrogen-bond acceptors (Lipinski definition) is 2. The highest BCUT2D eigenvalue weighted by atomic mass is 35.5. The van der Waals surface area contributed by atoms with E-state index in [-0.39, 0.29) is 17.8 Å². The fourth-order valence-corrected chi connectivity index (χ4v) is 3.25. The number of hydrogen-bond donors (Lipinski definition) is 1. The van der Waals surface area contributed by atoms with Gasteiger partial charge in [-0.25, -0.2) is 4.39 Å². The molecule has 15 heavy (non-hydrogen) atoms. The minimum atomic E-state index is -0.312. The summed E-state index contributed by atoms with van der Waals surface area (Å²) in [5.74, 6) is 1.58. The molecule has 1 heterocycles. The first-order valence-electron chi connectivity index (χ1n) is 4.86. The van der Waals surface area contributed by atoms with Crippen molar-refractivity contribution in [2.24, 2.45) is 5.92 Å². The molecule has 1 aliphatic rings. The third kappa shape index (κ3) is 2.65. The van der Waals surface area contributed by atoms with Crippen LogP contribution in [-0.4, -0.2) is 22.7 Å². The maximum atomic E-state index is 13.4. The number of aliphatic hydroxyl groups excluding tert-OH is 1. The molecule has 2 rings (SSSR count). The number of halogens is 2. The van der Waals surface area contributed by atoms with Crippen molar-refractivity contribution < 1.29 is 9.50 Å². The van der Waals surface area contributed by atoms with Gasteiger partial charge in [-0.1, -0.05) is 11.6 Å². The van der Waals surface area contributed by atoms with Gasteiger partial charge in [-0.3, -0.25) is 0 Å². The normalized spacial score (nSPS) is 25.8. The largest absolute Gasteiger partial charge is 0.392 e. The van der Waals surface area contributed by atoms with Gasteiger partial charge in [-0.15, -0.1) is 0 Å². The van der Waals surface area contributed by atoms with Gasteiger partial charge in [0, 0.05) is 10.8 Å². The van der Waals surface area contributed by atoms with Gasteiger partial charge in [-0.2, -0.15) is 11.8 Å². The van der Waals surface area contributed by atoms with Gasteiger partial charge in [0.05, 0.1) is 6.10 Å². The standard InChI is InChI=1S/C11H12ClFOS/c12-9-1-2-10(13)7(4-9)3-8-5-15-6-11(8)14/h1-2,4,8,11,14H,3,5-6H2. The van der Waals surface area contributed by atoms with E-state index >= 15 is 0 Å². The molecule has 1 aromatic rings. The summed E-state index contributed by atoms with van der Waals surface area (Å²) < 4.78 is 13.4. The quantitative estimate of drug-likeness (QED) is 0.866. The second-order valence-electron chi connectivity index (χ2n) is 3.80. The fourth-order valence-electron chi connectivity index (χ4n) is 1.76. The highest BCUT2D eigenvalue weighted by molar-refractivity contribution is 7.99. The van der Waals surface area contributed by atoms with Crippen LogP contribution in [0.1, 0.15) is 5.56 Å². The molecule has 82 valence electrons. The van der Waals surface area contributed by atoms with Gasteiger partial charge in [0.1, 0.15) is 5.82 Å². The van der Waals surface area contributed by atoms with Gasteiger partial charge >= 0.3 is 0 Å². The third-order valence-corrected chi connectivity index (χ3v) is 4.13. The van der Waals surface area contributed by atoms with Gasteiger partial charge in [0.15, 0.2) is 0 Å². The van der Waals surface area contributed by atoms with Crippen LogP contribution in [0.15, 0.2) is 18.2 Å².